The van der Waals surface area contributed by atoms with Gasteiger partial charge in [0.25, 0.3) is 0 Å². The van der Waals surface area contributed by atoms with Gasteiger partial charge in [0.15, 0.2) is 0 Å². The maximum Gasteiger partial charge on any atom is 0.208 e. The number of nitrogens with one attached hydrogen (secondary N) is 1. The topological polar surface area (TPSA) is 42.7 Å². The lowest BCUT2D eigenvalue weighted by Crippen LogP contribution is -2.01. The minimum absolute atomic E-state index is 0.804. The van der Waals surface area contributed by atoms with Crippen LogP contribution in [0.25, 0.3) is 28.0 Å². The van der Waals surface area contributed by atoms with Gasteiger partial charge in [-0.25, -0.2) is 4.98 Å². The molecule has 0 aliphatic carbocycles. The number of pyridine rings is 1. The fourth-order valence-electron chi connectivity index (χ4n) is 2.75. The van der Waals surface area contributed by atoms with E-state index in [-0.39, 0.29) is 0 Å². The van der Waals surface area contributed by atoms with E-state index in [9.17, 15) is 0 Å². The quantitative estimate of drug-likeness (QED) is 0.618. The summed E-state index contributed by atoms with van der Waals surface area (Å²) >= 11 is 0. The van der Waals surface area contributed by atoms with Gasteiger partial charge in [-0.2, -0.15) is 0 Å². The van der Waals surface area contributed by atoms with Crippen molar-refractivity contribution in [3.05, 3.63) is 72.9 Å². The molecule has 0 saturated heterocycles. The van der Waals surface area contributed by atoms with Crippen LogP contribution < -0.4 is 5.32 Å². The molecule has 4 nitrogen and oxygen atoms in total. The van der Waals surface area contributed by atoms with Gasteiger partial charge >= 0.3 is 0 Å². The number of fused-ring (bicyclic) bond motifs is 1. The van der Waals surface area contributed by atoms with Crippen LogP contribution in [-0.4, -0.2) is 21.6 Å². The van der Waals surface area contributed by atoms with Crippen LogP contribution in [-0.2, 0) is 0 Å². The molecule has 23 heavy (non-hydrogen) atoms. The Morgan fingerprint density at radius 3 is 2.30 bits per heavy atom. The lowest BCUT2D eigenvalue weighted by atomic mass is 10.1. The molecule has 2 heterocycles. The molecule has 0 aliphatic rings. The molecule has 0 saturated carbocycles. The van der Waals surface area contributed by atoms with Crippen molar-refractivity contribution in [3.8, 4) is 16.9 Å². The molecule has 0 amide bonds. The van der Waals surface area contributed by atoms with Crippen LogP contribution in [0.4, 0.5) is 5.95 Å². The average molecular weight is 300 g/mol. The zero-order chi connectivity index (χ0) is 15.6. The summed E-state index contributed by atoms with van der Waals surface area (Å²) in [6.45, 7) is 0. The van der Waals surface area contributed by atoms with E-state index in [1.165, 1.54) is 0 Å². The first-order valence-electron chi connectivity index (χ1n) is 7.54. The van der Waals surface area contributed by atoms with Gasteiger partial charge in [0, 0.05) is 18.3 Å². The van der Waals surface area contributed by atoms with Crippen LogP contribution >= 0.6 is 0 Å². The molecule has 4 rings (SSSR count). The fourth-order valence-corrected chi connectivity index (χ4v) is 2.75. The highest BCUT2D eigenvalue weighted by atomic mass is 15.2. The summed E-state index contributed by atoms with van der Waals surface area (Å²) in [6.07, 6.45) is 1.83. The Kier molecular flexibility index (Phi) is 3.27. The van der Waals surface area contributed by atoms with Crippen molar-refractivity contribution in [1.29, 1.82) is 0 Å². The van der Waals surface area contributed by atoms with E-state index in [0.717, 1.165) is 33.9 Å². The van der Waals surface area contributed by atoms with E-state index < -0.39 is 0 Å². The Bertz CT molecular complexity index is 943. The van der Waals surface area contributed by atoms with Crippen LogP contribution in [0.2, 0.25) is 0 Å². The standard InChI is InChI=1S/C19H16N4/c1-20-19-22-17-13-21-16(14-8-4-2-5-9-14)12-18(17)23(19)15-10-6-3-7-11-15/h2-13H,1H3,(H,20,22). The highest BCUT2D eigenvalue weighted by Gasteiger charge is 2.13. The van der Waals surface area contributed by atoms with Crippen molar-refractivity contribution in [1.82, 2.24) is 14.5 Å². The highest BCUT2D eigenvalue weighted by molar-refractivity contribution is 5.84. The van der Waals surface area contributed by atoms with Crippen molar-refractivity contribution >= 4 is 17.0 Å². The minimum Gasteiger partial charge on any atom is -0.358 e. The van der Waals surface area contributed by atoms with E-state index in [2.05, 4.69) is 50.2 Å². The number of hydrogen-bond donors (Lipinski definition) is 1. The van der Waals surface area contributed by atoms with Gasteiger partial charge in [0.2, 0.25) is 5.95 Å². The summed E-state index contributed by atoms with van der Waals surface area (Å²) in [5.74, 6) is 0.804. The SMILES string of the molecule is CNc1nc2cnc(-c3ccccc3)cc2n1-c1ccccc1. The predicted molar refractivity (Wildman–Crippen MR) is 93.8 cm³/mol. The normalized spacial score (nSPS) is 10.8. The smallest absolute Gasteiger partial charge is 0.208 e. The lowest BCUT2D eigenvalue weighted by molar-refractivity contribution is 1.09. The second-order valence-electron chi connectivity index (χ2n) is 5.28. The van der Waals surface area contributed by atoms with Gasteiger partial charge in [0.05, 0.1) is 17.4 Å². The second-order valence-corrected chi connectivity index (χ2v) is 5.28. The summed E-state index contributed by atoms with van der Waals surface area (Å²) in [5, 5.41) is 3.17. The lowest BCUT2D eigenvalue weighted by Gasteiger charge is -2.09. The Hall–Kier alpha value is -3.14. The average Bonchev–Trinajstić information content (AvgIpc) is 3.01. The molecule has 0 fully saturated rings. The van der Waals surface area contributed by atoms with Crippen molar-refractivity contribution < 1.29 is 0 Å². The summed E-state index contributed by atoms with van der Waals surface area (Å²) in [6, 6.07) is 22.5. The second kappa shape index (κ2) is 5.57. The number of nitrogens with zero attached hydrogens (tertiary/aromatic N) is 3. The summed E-state index contributed by atoms with van der Waals surface area (Å²) in [4.78, 5) is 9.19. The number of imidazole rings is 1. The molecule has 2 aromatic carbocycles. The molecule has 4 heteroatoms. The van der Waals surface area contributed by atoms with Gasteiger partial charge in [-0.15, -0.1) is 0 Å². The monoisotopic (exact) mass is 300 g/mol. The van der Waals surface area contributed by atoms with Gasteiger partial charge < -0.3 is 5.32 Å². The van der Waals surface area contributed by atoms with E-state index in [1.54, 1.807) is 0 Å². The van der Waals surface area contributed by atoms with Crippen LogP contribution in [0.15, 0.2) is 72.9 Å². The summed E-state index contributed by atoms with van der Waals surface area (Å²) in [5.41, 5.74) is 5.02. The molecule has 4 aromatic rings. The first-order valence-corrected chi connectivity index (χ1v) is 7.54. The number of rotatable bonds is 3. The molecule has 0 aliphatic heterocycles. The van der Waals surface area contributed by atoms with Crippen molar-refractivity contribution in [2.75, 3.05) is 12.4 Å². The van der Waals surface area contributed by atoms with E-state index in [4.69, 9.17) is 0 Å². The molecule has 0 bridgehead atoms. The number of benzene rings is 2. The number of aromatic nitrogens is 3. The van der Waals surface area contributed by atoms with Gasteiger partial charge in [-0.05, 0) is 18.2 Å². The molecule has 0 unspecified atom stereocenters. The molecule has 0 atom stereocenters. The van der Waals surface area contributed by atoms with Crippen LogP contribution in [0.3, 0.4) is 0 Å². The van der Waals surface area contributed by atoms with Crippen molar-refractivity contribution in [2.45, 2.75) is 0 Å². The third-order valence-corrected chi connectivity index (χ3v) is 3.85. The van der Waals surface area contributed by atoms with Crippen molar-refractivity contribution in [2.24, 2.45) is 0 Å². The van der Waals surface area contributed by atoms with E-state index >= 15 is 0 Å². The van der Waals surface area contributed by atoms with Gasteiger partial charge in [-0.1, -0.05) is 48.5 Å². The fraction of sp³-hybridized carbons (Fsp3) is 0.0526. The maximum absolute atomic E-state index is 4.63. The first kappa shape index (κ1) is 13.5. The van der Waals surface area contributed by atoms with Crippen LogP contribution in [0.5, 0.6) is 0 Å². The van der Waals surface area contributed by atoms with Gasteiger partial charge in [0.1, 0.15) is 5.52 Å². The Morgan fingerprint density at radius 1 is 0.913 bits per heavy atom. The van der Waals surface area contributed by atoms with Crippen molar-refractivity contribution in [3.63, 3.8) is 0 Å². The summed E-state index contributed by atoms with van der Waals surface area (Å²) in [7, 11) is 1.88. The third kappa shape index (κ3) is 2.34. The molecule has 1 N–H and O–H groups in total. The Balaban J connectivity index is 1.97. The number of anilines is 1. The van der Waals surface area contributed by atoms with E-state index in [1.807, 2.05) is 49.6 Å². The Morgan fingerprint density at radius 2 is 1.61 bits per heavy atom. The zero-order valence-corrected chi connectivity index (χ0v) is 12.8. The Labute approximate surface area is 134 Å². The third-order valence-electron chi connectivity index (χ3n) is 3.85. The highest BCUT2D eigenvalue weighted by Crippen LogP contribution is 2.27. The predicted octanol–water partition coefficient (Wildman–Crippen LogP) is 4.13. The van der Waals surface area contributed by atoms with Crippen LogP contribution in [0, 0.1) is 0 Å². The molecular formula is C19H16N4. The largest absolute Gasteiger partial charge is 0.358 e. The summed E-state index contributed by atoms with van der Waals surface area (Å²) < 4.78 is 2.11. The minimum atomic E-state index is 0.804. The van der Waals surface area contributed by atoms with E-state index in [0.29, 0.717) is 0 Å². The maximum atomic E-state index is 4.63. The number of hydrogen-bond acceptors (Lipinski definition) is 3. The van der Waals surface area contributed by atoms with Crippen LogP contribution in [0.1, 0.15) is 0 Å². The molecule has 0 spiro atoms. The van der Waals surface area contributed by atoms with Gasteiger partial charge in [-0.3, -0.25) is 9.55 Å². The number of para-hydroxylation sites is 1. The first-order chi connectivity index (χ1) is 11.4. The zero-order valence-electron chi connectivity index (χ0n) is 12.8. The molecule has 0 radical (unpaired) electrons. The molecule has 2 aromatic heterocycles. The molecular weight excluding hydrogens is 284 g/mol. The molecule has 112 valence electrons.